The lowest BCUT2D eigenvalue weighted by Crippen LogP contribution is -2.28. The number of hydrogen-bond acceptors (Lipinski definition) is 2. The van der Waals surface area contributed by atoms with Crippen molar-refractivity contribution in [3.63, 3.8) is 0 Å². The molecule has 1 heterocycles. The van der Waals surface area contributed by atoms with Crippen LogP contribution in [0.2, 0.25) is 0 Å². The third-order valence-corrected chi connectivity index (χ3v) is 3.21. The monoisotopic (exact) mass is 301 g/mol. The lowest BCUT2D eigenvalue weighted by Gasteiger charge is -2.12. The molecule has 0 bridgehead atoms. The number of nitrogens with one attached hydrogen (secondary N) is 1. The summed E-state index contributed by atoms with van der Waals surface area (Å²) in [6, 6.07) is 4.51. The van der Waals surface area contributed by atoms with Gasteiger partial charge in [-0.2, -0.15) is 0 Å². The molecule has 2 rings (SSSR count). The summed E-state index contributed by atoms with van der Waals surface area (Å²) >= 11 is 3.16. The standard InChI is InChI=1S/C12H13BrFNO2/c1-7-2-5-11(17-7)12(16)15-10-4-3-8(13)6-9(10)14/h3-4,6-7,11H,2,5H2,1H3,(H,15,16). The van der Waals surface area contributed by atoms with E-state index >= 15 is 0 Å². The van der Waals surface area contributed by atoms with E-state index in [0.717, 1.165) is 6.42 Å². The highest BCUT2D eigenvalue weighted by molar-refractivity contribution is 9.10. The molecule has 1 amide bonds. The van der Waals surface area contributed by atoms with Crippen LogP contribution in [-0.4, -0.2) is 18.1 Å². The number of ether oxygens (including phenoxy) is 1. The lowest BCUT2D eigenvalue weighted by molar-refractivity contribution is -0.126. The number of halogens is 2. The summed E-state index contributed by atoms with van der Waals surface area (Å²) in [4.78, 5) is 11.8. The van der Waals surface area contributed by atoms with Crippen molar-refractivity contribution >= 4 is 27.5 Å². The van der Waals surface area contributed by atoms with Gasteiger partial charge < -0.3 is 10.1 Å². The molecule has 1 N–H and O–H groups in total. The van der Waals surface area contributed by atoms with E-state index in [2.05, 4.69) is 21.2 Å². The van der Waals surface area contributed by atoms with Crippen LogP contribution < -0.4 is 5.32 Å². The van der Waals surface area contributed by atoms with E-state index in [1.807, 2.05) is 6.92 Å². The van der Waals surface area contributed by atoms with Crippen molar-refractivity contribution in [2.75, 3.05) is 5.32 Å². The summed E-state index contributed by atoms with van der Waals surface area (Å²) < 4.78 is 19.5. The van der Waals surface area contributed by atoms with E-state index in [-0.39, 0.29) is 17.7 Å². The molecule has 1 aliphatic rings. The lowest BCUT2D eigenvalue weighted by atomic mass is 10.2. The predicted molar refractivity (Wildman–Crippen MR) is 66.3 cm³/mol. The first-order valence-corrected chi connectivity index (χ1v) is 6.27. The molecular weight excluding hydrogens is 289 g/mol. The van der Waals surface area contributed by atoms with Crippen LogP contribution in [0, 0.1) is 5.82 Å². The fourth-order valence-electron chi connectivity index (χ4n) is 1.80. The van der Waals surface area contributed by atoms with Crippen molar-refractivity contribution < 1.29 is 13.9 Å². The van der Waals surface area contributed by atoms with Crippen molar-refractivity contribution in [3.05, 3.63) is 28.5 Å². The van der Waals surface area contributed by atoms with Crippen LogP contribution in [0.4, 0.5) is 10.1 Å². The van der Waals surface area contributed by atoms with Gasteiger partial charge in [0, 0.05) is 4.47 Å². The first kappa shape index (κ1) is 12.5. The zero-order valence-corrected chi connectivity index (χ0v) is 11.0. The predicted octanol–water partition coefficient (Wildman–Crippen LogP) is 3.09. The molecule has 5 heteroatoms. The van der Waals surface area contributed by atoms with Gasteiger partial charge in [0.25, 0.3) is 5.91 Å². The number of hydrogen-bond donors (Lipinski definition) is 1. The van der Waals surface area contributed by atoms with Gasteiger partial charge in [-0.3, -0.25) is 4.79 Å². The van der Waals surface area contributed by atoms with Crippen LogP contribution in [0.5, 0.6) is 0 Å². The smallest absolute Gasteiger partial charge is 0.253 e. The Morgan fingerprint density at radius 2 is 2.29 bits per heavy atom. The normalized spacial score (nSPS) is 23.7. The van der Waals surface area contributed by atoms with E-state index < -0.39 is 11.9 Å². The number of benzene rings is 1. The minimum absolute atomic E-state index is 0.0977. The van der Waals surface area contributed by atoms with Crippen LogP contribution in [0.15, 0.2) is 22.7 Å². The Morgan fingerprint density at radius 1 is 1.53 bits per heavy atom. The first-order valence-electron chi connectivity index (χ1n) is 5.47. The van der Waals surface area contributed by atoms with Gasteiger partial charge in [-0.25, -0.2) is 4.39 Å². The third kappa shape index (κ3) is 3.04. The number of anilines is 1. The van der Waals surface area contributed by atoms with Gasteiger partial charge in [-0.15, -0.1) is 0 Å². The molecule has 0 radical (unpaired) electrons. The molecule has 17 heavy (non-hydrogen) atoms. The molecule has 0 aliphatic carbocycles. The van der Waals surface area contributed by atoms with E-state index in [9.17, 15) is 9.18 Å². The fraction of sp³-hybridized carbons (Fsp3) is 0.417. The molecule has 1 aliphatic heterocycles. The summed E-state index contributed by atoms with van der Waals surface area (Å²) in [5, 5.41) is 2.54. The quantitative estimate of drug-likeness (QED) is 0.911. The number of rotatable bonds is 2. The van der Waals surface area contributed by atoms with Gasteiger partial charge in [-0.1, -0.05) is 15.9 Å². The Bertz CT molecular complexity index is 439. The van der Waals surface area contributed by atoms with Gasteiger partial charge in [0.15, 0.2) is 0 Å². The summed E-state index contributed by atoms with van der Waals surface area (Å²) in [5.41, 5.74) is 0.182. The SMILES string of the molecule is CC1CCC(C(=O)Nc2ccc(Br)cc2F)O1. The zero-order valence-electron chi connectivity index (χ0n) is 9.37. The third-order valence-electron chi connectivity index (χ3n) is 2.71. The molecule has 0 saturated carbocycles. The Morgan fingerprint density at radius 3 is 2.88 bits per heavy atom. The Kier molecular flexibility index (Phi) is 3.79. The second-order valence-corrected chi connectivity index (χ2v) is 5.04. The average molecular weight is 302 g/mol. The van der Waals surface area contributed by atoms with Gasteiger partial charge in [-0.05, 0) is 38.0 Å². The highest BCUT2D eigenvalue weighted by Crippen LogP contribution is 2.23. The van der Waals surface area contributed by atoms with Crippen LogP contribution >= 0.6 is 15.9 Å². The van der Waals surface area contributed by atoms with Crippen molar-refractivity contribution in [2.24, 2.45) is 0 Å². The first-order chi connectivity index (χ1) is 8.06. The molecule has 2 unspecified atom stereocenters. The van der Waals surface area contributed by atoms with Crippen molar-refractivity contribution in [2.45, 2.75) is 32.0 Å². The van der Waals surface area contributed by atoms with Crippen LogP contribution in [0.1, 0.15) is 19.8 Å². The summed E-state index contributed by atoms with van der Waals surface area (Å²) in [5.74, 6) is -0.741. The van der Waals surface area contributed by atoms with E-state index in [1.54, 1.807) is 6.07 Å². The number of carbonyl (C=O) groups is 1. The number of carbonyl (C=O) groups excluding carboxylic acids is 1. The summed E-state index contributed by atoms with van der Waals surface area (Å²) in [7, 11) is 0. The molecule has 0 aromatic heterocycles. The maximum atomic E-state index is 13.5. The minimum atomic E-state index is -0.465. The molecule has 3 nitrogen and oxygen atoms in total. The molecule has 1 aromatic rings. The molecule has 1 aromatic carbocycles. The Balaban J connectivity index is 2.03. The van der Waals surface area contributed by atoms with Crippen molar-refractivity contribution in [1.29, 1.82) is 0 Å². The maximum absolute atomic E-state index is 13.5. The van der Waals surface area contributed by atoms with Gasteiger partial charge in [0.2, 0.25) is 0 Å². The minimum Gasteiger partial charge on any atom is -0.365 e. The van der Waals surface area contributed by atoms with Crippen molar-refractivity contribution in [1.82, 2.24) is 0 Å². The topological polar surface area (TPSA) is 38.3 Å². The maximum Gasteiger partial charge on any atom is 0.253 e. The molecule has 2 atom stereocenters. The Hall–Kier alpha value is -0.940. The second kappa shape index (κ2) is 5.14. The van der Waals surface area contributed by atoms with Crippen LogP contribution in [-0.2, 0) is 9.53 Å². The molecule has 92 valence electrons. The Labute approximate surface area is 107 Å². The van der Waals surface area contributed by atoms with Gasteiger partial charge in [0.05, 0.1) is 11.8 Å². The highest BCUT2D eigenvalue weighted by atomic mass is 79.9. The number of amides is 1. The fourth-order valence-corrected chi connectivity index (χ4v) is 2.13. The van der Waals surface area contributed by atoms with Gasteiger partial charge >= 0.3 is 0 Å². The van der Waals surface area contributed by atoms with E-state index in [0.29, 0.717) is 10.9 Å². The highest BCUT2D eigenvalue weighted by Gasteiger charge is 2.28. The van der Waals surface area contributed by atoms with Crippen LogP contribution in [0.25, 0.3) is 0 Å². The molecule has 1 fully saturated rings. The zero-order chi connectivity index (χ0) is 12.4. The summed E-state index contributed by atoms with van der Waals surface area (Å²) in [6.07, 6.45) is 1.18. The van der Waals surface area contributed by atoms with Gasteiger partial charge in [0.1, 0.15) is 11.9 Å². The average Bonchev–Trinajstić information content (AvgIpc) is 2.69. The van der Waals surface area contributed by atoms with Crippen molar-refractivity contribution in [3.8, 4) is 0 Å². The van der Waals surface area contributed by atoms with E-state index in [1.165, 1.54) is 12.1 Å². The second-order valence-electron chi connectivity index (χ2n) is 4.13. The largest absolute Gasteiger partial charge is 0.365 e. The molecule has 0 spiro atoms. The van der Waals surface area contributed by atoms with Crippen LogP contribution in [0.3, 0.4) is 0 Å². The van der Waals surface area contributed by atoms with E-state index in [4.69, 9.17) is 4.74 Å². The molecular formula is C12H13BrFNO2. The molecule has 1 saturated heterocycles. The summed E-state index contributed by atoms with van der Waals surface area (Å²) in [6.45, 7) is 1.92.